The minimum atomic E-state index is 0. The fraction of sp³-hybridized carbons (Fsp3) is 0.421. The average Bonchev–Trinajstić information content (AvgIpc) is 2.92. The lowest BCUT2D eigenvalue weighted by molar-refractivity contribution is 0.0925. The summed E-state index contributed by atoms with van der Waals surface area (Å²) in [4.78, 5) is 12.8. The fourth-order valence-corrected chi connectivity index (χ4v) is 4.09. The number of piperidine rings is 1. The van der Waals surface area contributed by atoms with Crippen molar-refractivity contribution in [2.45, 2.75) is 43.8 Å². The second-order valence-electron chi connectivity index (χ2n) is 6.64. The molecule has 4 nitrogen and oxygen atoms in total. The Balaban J connectivity index is 0.00000169. The molecule has 128 valence electrons. The van der Waals surface area contributed by atoms with Crippen molar-refractivity contribution < 1.29 is 9.53 Å². The lowest BCUT2D eigenvalue weighted by atomic mass is 9.98. The number of hydrogen-bond donors (Lipinski definition) is 2. The van der Waals surface area contributed by atoms with Gasteiger partial charge in [0.2, 0.25) is 0 Å². The number of methoxy groups -OCH3 is 1. The first-order valence-electron chi connectivity index (χ1n) is 8.37. The number of fused-ring (bicyclic) bond motifs is 3. The van der Waals surface area contributed by atoms with Crippen LogP contribution < -0.4 is 15.4 Å². The van der Waals surface area contributed by atoms with E-state index < -0.39 is 0 Å². The van der Waals surface area contributed by atoms with Crippen LogP contribution in [-0.2, 0) is 0 Å². The molecule has 0 radical (unpaired) electrons. The van der Waals surface area contributed by atoms with Gasteiger partial charge in [0.1, 0.15) is 5.75 Å². The van der Waals surface area contributed by atoms with Crippen molar-refractivity contribution in [2.24, 2.45) is 0 Å². The quantitative estimate of drug-likeness (QED) is 0.896. The molecule has 2 aliphatic heterocycles. The molecule has 0 spiro atoms. The smallest absolute Gasteiger partial charge is 0.252 e. The summed E-state index contributed by atoms with van der Waals surface area (Å²) in [6, 6.07) is 13.1. The number of carbonyl (C=O) groups is 1. The van der Waals surface area contributed by atoms with Crippen LogP contribution in [0, 0.1) is 0 Å². The van der Waals surface area contributed by atoms with Crippen molar-refractivity contribution >= 4 is 29.1 Å². The van der Waals surface area contributed by atoms with Crippen molar-refractivity contribution in [1.82, 2.24) is 10.6 Å². The van der Waals surface area contributed by atoms with Gasteiger partial charge < -0.3 is 15.4 Å². The van der Waals surface area contributed by atoms with Gasteiger partial charge in [-0.15, -0.1) is 12.4 Å². The Morgan fingerprint density at radius 3 is 2.42 bits per heavy atom. The predicted molar refractivity (Wildman–Crippen MR) is 98.2 cm³/mol. The highest BCUT2D eigenvalue weighted by Crippen LogP contribution is 2.30. The highest BCUT2D eigenvalue weighted by Gasteiger charge is 2.34. The van der Waals surface area contributed by atoms with Crippen molar-refractivity contribution in [2.75, 3.05) is 7.11 Å². The number of benzene rings is 2. The van der Waals surface area contributed by atoms with Gasteiger partial charge in [-0.2, -0.15) is 0 Å². The molecule has 2 saturated heterocycles. The van der Waals surface area contributed by atoms with Crippen LogP contribution in [0.25, 0.3) is 10.8 Å². The van der Waals surface area contributed by atoms with Gasteiger partial charge in [-0.25, -0.2) is 0 Å². The number of halogens is 1. The normalized spacial score (nSPS) is 25.1. The van der Waals surface area contributed by atoms with Gasteiger partial charge in [0.05, 0.1) is 7.11 Å². The standard InChI is InChI=1S/C19H22N2O2.ClH/c1-23-18-9-8-17(15-4-2-3-5-16(15)18)19(22)21-14-10-12-6-7-13(11-14)20-12;/h2-5,8-9,12-14,20H,6-7,10-11H2,1H3,(H,21,22);1H. The maximum Gasteiger partial charge on any atom is 0.252 e. The molecule has 2 heterocycles. The average molecular weight is 347 g/mol. The van der Waals surface area contributed by atoms with Crippen LogP contribution in [0.15, 0.2) is 36.4 Å². The highest BCUT2D eigenvalue weighted by atomic mass is 35.5. The molecule has 2 bridgehead atoms. The molecule has 2 N–H and O–H groups in total. The Morgan fingerprint density at radius 2 is 1.75 bits per heavy atom. The molecule has 4 rings (SSSR count). The third-order valence-electron chi connectivity index (χ3n) is 5.16. The maximum absolute atomic E-state index is 12.8. The zero-order chi connectivity index (χ0) is 15.8. The molecule has 2 aromatic carbocycles. The van der Waals surface area contributed by atoms with Crippen molar-refractivity contribution in [3.05, 3.63) is 42.0 Å². The second-order valence-corrected chi connectivity index (χ2v) is 6.64. The molecule has 0 aliphatic carbocycles. The Labute approximate surface area is 148 Å². The first kappa shape index (κ1) is 17.1. The molecule has 2 aliphatic rings. The first-order chi connectivity index (χ1) is 11.2. The zero-order valence-electron chi connectivity index (χ0n) is 13.7. The summed E-state index contributed by atoms with van der Waals surface area (Å²) in [6.07, 6.45) is 4.55. The Bertz CT molecular complexity index is 737. The molecule has 2 aromatic rings. The molecule has 2 fully saturated rings. The monoisotopic (exact) mass is 346 g/mol. The molecular formula is C19H23ClN2O2. The van der Waals surface area contributed by atoms with Gasteiger partial charge >= 0.3 is 0 Å². The number of nitrogens with one attached hydrogen (secondary N) is 2. The number of ether oxygens (including phenoxy) is 1. The molecule has 2 atom stereocenters. The molecule has 24 heavy (non-hydrogen) atoms. The summed E-state index contributed by atoms with van der Waals surface area (Å²) in [7, 11) is 1.66. The topological polar surface area (TPSA) is 50.4 Å². The summed E-state index contributed by atoms with van der Waals surface area (Å²) < 4.78 is 5.41. The van der Waals surface area contributed by atoms with Crippen LogP contribution in [0.2, 0.25) is 0 Å². The van der Waals surface area contributed by atoms with Gasteiger partial charge in [-0.3, -0.25) is 4.79 Å². The molecule has 5 heteroatoms. The van der Waals surface area contributed by atoms with Crippen LogP contribution in [-0.4, -0.2) is 31.1 Å². The summed E-state index contributed by atoms with van der Waals surface area (Å²) in [5, 5.41) is 8.78. The van der Waals surface area contributed by atoms with Crippen LogP contribution in [0.1, 0.15) is 36.0 Å². The lowest BCUT2D eigenvalue weighted by Crippen LogP contribution is -2.48. The van der Waals surface area contributed by atoms with Gasteiger partial charge in [0, 0.05) is 29.1 Å². The third-order valence-corrected chi connectivity index (χ3v) is 5.16. The van der Waals surface area contributed by atoms with Crippen LogP contribution in [0.4, 0.5) is 0 Å². The van der Waals surface area contributed by atoms with Crippen LogP contribution in [0.3, 0.4) is 0 Å². The van der Waals surface area contributed by atoms with E-state index >= 15 is 0 Å². The Hall–Kier alpha value is -1.78. The summed E-state index contributed by atoms with van der Waals surface area (Å²) in [5.74, 6) is 0.826. The molecule has 2 unspecified atom stereocenters. The Morgan fingerprint density at radius 1 is 1.08 bits per heavy atom. The molecular weight excluding hydrogens is 324 g/mol. The van der Waals surface area contributed by atoms with E-state index in [2.05, 4.69) is 10.6 Å². The van der Waals surface area contributed by atoms with E-state index in [-0.39, 0.29) is 24.4 Å². The summed E-state index contributed by atoms with van der Waals surface area (Å²) in [5.41, 5.74) is 0.729. The minimum Gasteiger partial charge on any atom is -0.496 e. The van der Waals surface area contributed by atoms with Gasteiger partial charge in [-0.1, -0.05) is 24.3 Å². The van der Waals surface area contributed by atoms with E-state index in [1.54, 1.807) is 7.11 Å². The molecule has 1 amide bonds. The van der Waals surface area contributed by atoms with Crippen LogP contribution >= 0.6 is 12.4 Å². The van der Waals surface area contributed by atoms with E-state index in [0.717, 1.165) is 34.9 Å². The largest absolute Gasteiger partial charge is 0.496 e. The number of hydrogen-bond acceptors (Lipinski definition) is 3. The van der Waals surface area contributed by atoms with Gasteiger partial charge in [0.25, 0.3) is 5.91 Å². The zero-order valence-corrected chi connectivity index (χ0v) is 14.6. The van der Waals surface area contributed by atoms with Gasteiger partial charge in [0.15, 0.2) is 0 Å². The Kier molecular flexibility index (Phi) is 4.97. The van der Waals surface area contributed by atoms with Crippen molar-refractivity contribution in [3.63, 3.8) is 0 Å². The van der Waals surface area contributed by atoms with E-state index in [1.807, 2.05) is 36.4 Å². The summed E-state index contributed by atoms with van der Waals surface area (Å²) >= 11 is 0. The number of rotatable bonds is 3. The van der Waals surface area contributed by atoms with Crippen LogP contribution in [0.5, 0.6) is 5.75 Å². The summed E-state index contributed by atoms with van der Waals surface area (Å²) in [6.45, 7) is 0. The third kappa shape index (κ3) is 3.08. The van der Waals surface area contributed by atoms with Gasteiger partial charge in [-0.05, 0) is 43.2 Å². The highest BCUT2D eigenvalue weighted by molar-refractivity contribution is 6.08. The first-order valence-corrected chi connectivity index (χ1v) is 8.37. The van der Waals surface area contributed by atoms with E-state index in [4.69, 9.17) is 4.74 Å². The molecule has 0 saturated carbocycles. The van der Waals surface area contributed by atoms with E-state index in [1.165, 1.54) is 12.8 Å². The molecule has 0 aromatic heterocycles. The number of amides is 1. The minimum absolute atomic E-state index is 0. The second kappa shape index (κ2) is 6.99. The maximum atomic E-state index is 12.8. The lowest BCUT2D eigenvalue weighted by Gasteiger charge is -2.29. The van der Waals surface area contributed by atoms with Crippen molar-refractivity contribution in [3.8, 4) is 5.75 Å². The fourth-order valence-electron chi connectivity index (χ4n) is 4.09. The predicted octanol–water partition coefficient (Wildman–Crippen LogP) is 3.28. The number of carbonyl (C=O) groups excluding carboxylic acids is 1. The van der Waals surface area contributed by atoms with E-state index in [0.29, 0.717) is 12.1 Å². The van der Waals surface area contributed by atoms with E-state index in [9.17, 15) is 4.79 Å². The van der Waals surface area contributed by atoms with Crippen molar-refractivity contribution in [1.29, 1.82) is 0 Å². The SMILES string of the molecule is COc1ccc(C(=O)NC2CC3CCC(C2)N3)c2ccccc12.Cl.